The summed E-state index contributed by atoms with van der Waals surface area (Å²) in [6.07, 6.45) is 0. The second-order valence-corrected chi connectivity index (χ2v) is 8.50. The summed E-state index contributed by atoms with van der Waals surface area (Å²) in [7, 11) is -3.55. The fourth-order valence-corrected chi connectivity index (χ4v) is 4.44. The van der Waals surface area contributed by atoms with Crippen LogP contribution in [0.15, 0.2) is 59.5 Å². The number of piperazine rings is 1. The molecule has 0 amide bonds. The standard InChI is InChI=1S/C18H22ClN3O2S/c19-16-6-8-17(9-7-16)25(23,24)21-14-18(15-4-2-1-3-5-15)22-12-10-20-11-13-22/h1-9,18,20-21H,10-14H2/p+2/t18-/m1/s1. The number of hydrogen-bond acceptors (Lipinski definition) is 2. The topological polar surface area (TPSA) is 67.2 Å². The van der Waals surface area contributed by atoms with Gasteiger partial charge in [-0.3, -0.25) is 0 Å². The first-order chi connectivity index (χ1) is 12.1. The van der Waals surface area contributed by atoms with E-state index in [1.165, 1.54) is 22.6 Å². The molecule has 7 heteroatoms. The summed E-state index contributed by atoms with van der Waals surface area (Å²) >= 11 is 5.85. The zero-order valence-electron chi connectivity index (χ0n) is 14.0. The van der Waals surface area contributed by atoms with E-state index in [2.05, 4.69) is 22.2 Å². The number of hydrogen-bond donors (Lipinski definition) is 3. The van der Waals surface area contributed by atoms with Crippen molar-refractivity contribution in [3.8, 4) is 0 Å². The molecule has 25 heavy (non-hydrogen) atoms. The van der Waals surface area contributed by atoms with Crippen molar-refractivity contribution >= 4 is 21.6 Å². The van der Waals surface area contributed by atoms with Crippen molar-refractivity contribution in [2.75, 3.05) is 32.7 Å². The van der Waals surface area contributed by atoms with E-state index in [0.717, 1.165) is 26.2 Å². The van der Waals surface area contributed by atoms with Gasteiger partial charge in [-0.05, 0) is 24.3 Å². The molecule has 0 spiro atoms. The van der Waals surface area contributed by atoms with Gasteiger partial charge >= 0.3 is 0 Å². The van der Waals surface area contributed by atoms with Crippen LogP contribution in [0.5, 0.6) is 0 Å². The first kappa shape index (κ1) is 18.4. The Labute approximate surface area is 154 Å². The molecule has 1 fully saturated rings. The van der Waals surface area contributed by atoms with Gasteiger partial charge in [-0.1, -0.05) is 41.9 Å². The summed E-state index contributed by atoms with van der Waals surface area (Å²) in [6, 6.07) is 16.5. The lowest BCUT2D eigenvalue weighted by Crippen LogP contribution is -3.21. The molecule has 4 N–H and O–H groups in total. The summed E-state index contributed by atoms with van der Waals surface area (Å²) in [5.74, 6) is 0. The van der Waals surface area contributed by atoms with E-state index in [9.17, 15) is 8.42 Å². The fourth-order valence-electron chi connectivity index (χ4n) is 3.27. The summed E-state index contributed by atoms with van der Waals surface area (Å²) in [6.45, 7) is 4.58. The molecule has 2 aromatic carbocycles. The van der Waals surface area contributed by atoms with E-state index in [1.807, 2.05) is 18.2 Å². The van der Waals surface area contributed by atoms with Crippen molar-refractivity contribution in [1.82, 2.24) is 4.72 Å². The van der Waals surface area contributed by atoms with Crippen molar-refractivity contribution in [2.24, 2.45) is 0 Å². The molecule has 5 nitrogen and oxygen atoms in total. The lowest BCUT2D eigenvalue weighted by molar-refractivity contribution is -0.971. The van der Waals surface area contributed by atoms with Crippen LogP contribution in [-0.2, 0) is 10.0 Å². The zero-order valence-corrected chi connectivity index (χ0v) is 15.6. The molecular weight excluding hydrogens is 358 g/mol. The van der Waals surface area contributed by atoms with Crippen LogP contribution in [0, 0.1) is 0 Å². The Morgan fingerprint density at radius 3 is 2.32 bits per heavy atom. The minimum absolute atomic E-state index is 0.108. The van der Waals surface area contributed by atoms with Gasteiger partial charge in [0.15, 0.2) is 0 Å². The van der Waals surface area contributed by atoms with Crippen LogP contribution in [0.25, 0.3) is 0 Å². The highest BCUT2D eigenvalue weighted by Gasteiger charge is 2.28. The second kappa shape index (κ2) is 8.29. The molecule has 1 aliphatic heterocycles. The number of halogens is 1. The molecular formula is C18H24ClN3O2S+2. The maximum atomic E-state index is 12.6. The molecule has 1 saturated heterocycles. The van der Waals surface area contributed by atoms with Gasteiger partial charge in [0.05, 0.1) is 11.4 Å². The molecule has 0 unspecified atom stereocenters. The van der Waals surface area contributed by atoms with Gasteiger partial charge in [0.2, 0.25) is 10.0 Å². The van der Waals surface area contributed by atoms with E-state index in [0.29, 0.717) is 11.6 Å². The van der Waals surface area contributed by atoms with Crippen LogP contribution >= 0.6 is 11.6 Å². The van der Waals surface area contributed by atoms with Gasteiger partial charge in [0, 0.05) is 10.6 Å². The molecule has 0 bridgehead atoms. The molecule has 1 heterocycles. The smallest absolute Gasteiger partial charge is 0.240 e. The molecule has 3 rings (SSSR count). The molecule has 134 valence electrons. The Morgan fingerprint density at radius 2 is 1.68 bits per heavy atom. The van der Waals surface area contributed by atoms with Gasteiger partial charge in [-0.15, -0.1) is 0 Å². The lowest BCUT2D eigenvalue weighted by Gasteiger charge is -2.30. The lowest BCUT2D eigenvalue weighted by atomic mass is 10.0. The largest absolute Gasteiger partial charge is 0.337 e. The van der Waals surface area contributed by atoms with Crippen molar-refractivity contribution < 1.29 is 18.6 Å². The summed E-state index contributed by atoms with van der Waals surface area (Å²) in [5, 5.41) is 2.83. The maximum Gasteiger partial charge on any atom is 0.240 e. The Hall–Kier alpha value is -1.44. The van der Waals surface area contributed by atoms with E-state index in [1.54, 1.807) is 12.1 Å². The Kier molecular flexibility index (Phi) is 6.09. The van der Waals surface area contributed by atoms with Crippen LogP contribution in [0.2, 0.25) is 5.02 Å². The van der Waals surface area contributed by atoms with E-state index < -0.39 is 10.0 Å². The third-order valence-corrected chi connectivity index (χ3v) is 6.33. The molecule has 0 aromatic heterocycles. The van der Waals surface area contributed by atoms with Crippen molar-refractivity contribution in [2.45, 2.75) is 10.9 Å². The van der Waals surface area contributed by atoms with Crippen molar-refractivity contribution in [3.63, 3.8) is 0 Å². The number of sulfonamides is 1. The minimum atomic E-state index is -3.55. The normalized spacial score (nSPS) is 17.3. The molecule has 1 aliphatic rings. The Morgan fingerprint density at radius 1 is 1.04 bits per heavy atom. The minimum Gasteiger partial charge on any atom is -0.337 e. The highest BCUT2D eigenvalue weighted by molar-refractivity contribution is 7.89. The Balaban J connectivity index is 1.77. The van der Waals surface area contributed by atoms with Crippen LogP contribution in [-0.4, -0.2) is 41.1 Å². The fraction of sp³-hybridized carbons (Fsp3) is 0.333. The van der Waals surface area contributed by atoms with Crippen molar-refractivity contribution in [3.05, 3.63) is 65.2 Å². The second-order valence-electron chi connectivity index (χ2n) is 6.29. The summed E-state index contributed by atoms with van der Waals surface area (Å²) in [5.41, 5.74) is 1.17. The average Bonchev–Trinajstić information content (AvgIpc) is 2.64. The van der Waals surface area contributed by atoms with Crippen molar-refractivity contribution in [1.29, 1.82) is 0 Å². The maximum absolute atomic E-state index is 12.6. The molecule has 0 aliphatic carbocycles. The molecule has 0 saturated carbocycles. The summed E-state index contributed by atoms with van der Waals surface area (Å²) in [4.78, 5) is 1.66. The van der Waals surface area contributed by atoms with Crippen LogP contribution in [0.3, 0.4) is 0 Å². The van der Waals surface area contributed by atoms with Gasteiger partial charge in [-0.2, -0.15) is 0 Å². The number of nitrogens with two attached hydrogens (primary N) is 1. The summed E-state index contributed by atoms with van der Waals surface area (Å²) < 4.78 is 28.0. The van der Waals surface area contributed by atoms with Crippen LogP contribution in [0.4, 0.5) is 0 Å². The predicted molar refractivity (Wildman–Crippen MR) is 98.2 cm³/mol. The zero-order chi connectivity index (χ0) is 17.7. The third kappa shape index (κ3) is 4.80. The SMILES string of the molecule is O=S(=O)(NC[C@H](c1ccccc1)[NH+]1CC[NH2+]CC1)c1ccc(Cl)cc1. The van der Waals surface area contributed by atoms with E-state index in [-0.39, 0.29) is 10.9 Å². The molecule has 1 atom stereocenters. The van der Waals surface area contributed by atoms with Crippen LogP contribution in [0.1, 0.15) is 11.6 Å². The van der Waals surface area contributed by atoms with Gasteiger partial charge < -0.3 is 10.2 Å². The number of quaternary nitrogens is 2. The van der Waals surface area contributed by atoms with Gasteiger partial charge in [0.25, 0.3) is 0 Å². The van der Waals surface area contributed by atoms with Crippen LogP contribution < -0.4 is 14.9 Å². The highest BCUT2D eigenvalue weighted by Crippen LogP contribution is 2.15. The quantitative estimate of drug-likeness (QED) is 0.650. The first-order valence-electron chi connectivity index (χ1n) is 8.53. The number of nitrogens with one attached hydrogen (secondary N) is 2. The molecule has 2 aromatic rings. The Bertz CT molecular complexity index is 776. The predicted octanol–water partition coefficient (Wildman–Crippen LogP) is -0.178. The molecule has 0 radical (unpaired) electrons. The van der Waals surface area contributed by atoms with E-state index >= 15 is 0 Å². The average molecular weight is 382 g/mol. The first-order valence-corrected chi connectivity index (χ1v) is 10.4. The van der Waals surface area contributed by atoms with Gasteiger partial charge in [0.1, 0.15) is 32.2 Å². The third-order valence-electron chi connectivity index (χ3n) is 4.64. The highest BCUT2D eigenvalue weighted by atomic mass is 35.5. The van der Waals surface area contributed by atoms with Gasteiger partial charge in [-0.25, -0.2) is 13.1 Å². The monoisotopic (exact) mass is 381 g/mol. The number of benzene rings is 2. The van der Waals surface area contributed by atoms with E-state index in [4.69, 9.17) is 11.6 Å². The number of rotatable bonds is 6.